The number of halogens is 1. The van der Waals surface area contributed by atoms with Crippen molar-refractivity contribution in [2.75, 3.05) is 0 Å². The fourth-order valence-corrected chi connectivity index (χ4v) is 2.13. The molecule has 0 radical (unpaired) electrons. The van der Waals surface area contributed by atoms with Gasteiger partial charge in [-0.15, -0.1) is 11.3 Å². The Hall–Kier alpha value is -1.88. The Kier molecular flexibility index (Phi) is 3.94. The molecule has 0 atom stereocenters. The zero-order valence-electron chi connectivity index (χ0n) is 9.76. The topological polar surface area (TPSA) is 41.8 Å². The van der Waals surface area contributed by atoms with Crippen molar-refractivity contribution < 1.29 is 14.3 Å². The molecule has 2 rings (SSSR count). The van der Waals surface area contributed by atoms with Crippen LogP contribution < -0.4 is 4.74 Å². The van der Waals surface area contributed by atoms with Crippen molar-refractivity contribution in [1.82, 2.24) is 0 Å². The Labute approximate surface area is 108 Å². The van der Waals surface area contributed by atoms with E-state index in [4.69, 9.17) is 9.94 Å². The highest BCUT2D eigenvalue weighted by atomic mass is 32.1. The van der Waals surface area contributed by atoms with Crippen molar-refractivity contribution in [2.24, 2.45) is 5.16 Å². The van der Waals surface area contributed by atoms with Crippen LogP contribution in [0.2, 0.25) is 0 Å². The quantitative estimate of drug-likeness (QED) is 0.520. The summed E-state index contributed by atoms with van der Waals surface area (Å²) in [6.45, 7) is 2.00. The van der Waals surface area contributed by atoms with Crippen LogP contribution in [-0.2, 0) is 6.61 Å². The van der Waals surface area contributed by atoms with E-state index in [2.05, 4.69) is 5.16 Å². The molecule has 1 aromatic heterocycles. The van der Waals surface area contributed by atoms with Crippen LogP contribution in [0.3, 0.4) is 0 Å². The SMILES string of the molecule is CC(=NO)c1ccc(F)cc1OCc1cccs1. The van der Waals surface area contributed by atoms with Crippen LogP contribution in [0.1, 0.15) is 17.4 Å². The monoisotopic (exact) mass is 265 g/mol. The molecule has 0 fully saturated rings. The van der Waals surface area contributed by atoms with Crippen molar-refractivity contribution in [3.63, 3.8) is 0 Å². The van der Waals surface area contributed by atoms with Gasteiger partial charge in [-0.1, -0.05) is 11.2 Å². The van der Waals surface area contributed by atoms with E-state index in [0.29, 0.717) is 23.6 Å². The summed E-state index contributed by atoms with van der Waals surface area (Å²) in [6, 6.07) is 8.00. The molecule has 0 unspecified atom stereocenters. The molecule has 3 nitrogen and oxygen atoms in total. The highest BCUT2D eigenvalue weighted by Gasteiger charge is 2.09. The second-order valence-electron chi connectivity index (χ2n) is 3.69. The molecule has 0 saturated heterocycles. The predicted octanol–water partition coefficient (Wildman–Crippen LogP) is 3.66. The van der Waals surface area contributed by atoms with Crippen molar-refractivity contribution in [3.8, 4) is 5.75 Å². The van der Waals surface area contributed by atoms with E-state index < -0.39 is 0 Å². The summed E-state index contributed by atoms with van der Waals surface area (Å²) in [7, 11) is 0. The van der Waals surface area contributed by atoms with Gasteiger partial charge in [-0.3, -0.25) is 0 Å². The van der Waals surface area contributed by atoms with Gasteiger partial charge >= 0.3 is 0 Å². The summed E-state index contributed by atoms with van der Waals surface area (Å²) in [5, 5.41) is 13.8. The number of ether oxygens (including phenoxy) is 1. The third kappa shape index (κ3) is 2.87. The Morgan fingerprint density at radius 2 is 2.28 bits per heavy atom. The van der Waals surface area contributed by atoms with Gasteiger partial charge in [0, 0.05) is 16.5 Å². The Morgan fingerprint density at radius 1 is 1.44 bits per heavy atom. The number of nitrogens with zero attached hydrogens (tertiary/aromatic N) is 1. The van der Waals surface area contributed by atoms with E-state index in [1.54, 1.807) is 18.3 Å². The van der Waals surface area contributed by atoms with Gasteiger partial charge in [0.1, 0.15) is 18.2 Å². The van der Waals surface area contributed by atoms with Crippen LogP contribution in [0.15, 0.2) is 40.9 Å². The van der Waals surface area contributed by atoms with Crippen molar-refractivity contribution >= 4 is 17.0 Å². The molecule has 0 aliphatic rings. The third-order valence-corrected chi connectivity index (χ3v) is 3.28. The molecule has 18 heavy (non-hydrogen) atoms. The molecule has 0 amide bonds. The highest BCUT2D eigenvalue weighted by molar-refractivity contribution is 7.09. The molecule has 1 N–H and O–H groups in total. The van der Waals surface area contributed by atoms with E-state index in [1.165, 1.54) is 18.2 Å². The Bertz CT molecular complexity index is 552. The normalized spacial score (nSPS) is 11.6. The molecule has 0 aliphatic heterocycles. The number of oxime groups is 1. The Balaban J connectivity index is 2.22. The summed E-state index contributed by atoms with van der Waals surface area (Å²) in [5.74, 6) is -0.00984. The molecule has 94 valence electrons. The van der Waals surface area contributed by atoms with Gasteiger partial charge in [-0.2, -0.15) is 0 Å². The highest BCUT2D eigenvalue weighted by Crippen LogP contribution is 2.23. The lowest BCUT2D eigenvalue weighted by molar-refractivity contribution is 0.305. The number of thiophene rings is 1. The standard InChI is InChI=1S/C13H12FNO2S/c1-9(15-16)12-5-4-10(14)7-13(12)17-8-11-3-2-6-18-11/h2-7,16H,8H2,1H3. The summed E-state index contributed by atoms with van der Waals surface area (Å²) < 4.78 is 18.8. The fraction of sp³-hybridized carbons (Fsp3) is 0.154. The van der Waals surface area contributed by atoms with Crippen molar-refractivity contribution in [3.05, 3.63) is 52.0 Å². The average Bonchev–Trinajstić information content (AvgIpc) is 2.88. The first-order chi connectivity index (χ1) is 8.70. The zero-order valence-corrected chi connectivity index (χ0v) is 10.6. The molecule has 0 bridgehead atoms. The van der Waals surface area contributed by atoms with Crippen LogP contribution >= 0.6 is 11.3 Å². The Morgan fingerprint density at radius 3 is 2.94 bits per heavy atom. The van der Waals surface area contributed by atoms with Gasteiger partial charge in [-0.05, 0) is 30.5 Å². The maximum absolute atomic E-state index is 13.2. The van der Waals surface area contributed by atoms with E-state index in [-0.39, 0.29) is 5.82 Å². The first-order valence-electron chi connectivity index (χ1n) is 5.34. The lowest BCUT2D eigenvalue weighted by atomic mass is 10.1. The van der Waals surface area contributed by atoms with Crippen LogP contribution in [0.25, 0.3) is 0 Å². The van der Waals surface area contributed by atoms with Gasteiger partial charge < -0.3 is 9.94 Å². The van der Waals surface area contributed by atoms with Crippen LogP contribution in [0, 0.1) is 5.82 Å². The van der Waals surface area contributed by atoms with Gasteiger partial charge in [0.15, 0.2) is 0 Å². The first kappa shape index (κ1) is 12.6. The predicted molar refractivity (Wildman–Crippen MR) is 69.0 cm³/mol. The van der Waals surface area contributed by atoms with Gasteiger partial charge in [0.05, 0.1) is 5.71 Å². The van der Waals surface area contributed by atoms with Gasteiger partial charge in [-0.25, -0.2) is 4.39 Å². The average molecular weight is 265 g/mol. The van der Waals surface area contributed by atoms with Crippen molar-refractivity contribution in [1.29, 1.82) is 0 Å². The molecule has 0 saturated carbocycles. The molecular weight excluding hydrogens is 253 g/mol. The number of hydrogen-bond acceptors (Lipinski definition) is 4. The van der Waals surface area contributed by atoms with E-state index in [0.717, 1.165) is 4.88 Å². The summed E-state index contributed by atoms with van der Waals surface area (Å²) in [4.78, 5) is 1.05. The minimum atomic E-state index is -0.384. The lowest BCUT2D eigenvalue weighted by Gasteiger charge is -2.10. The second-order valence-corrected chi connectivity index (χ2v) is 4.73. The second kappa shape index (κ2) is 5.64. The number of hydrogen-bond donors (Lipinski definition) is 1. The smallest absolute Gasteiger partial charge is 0.131 e. The van der Waals surface area contributed by atoms with Gasteiger partial charge in [0.2, 0.25) is 0 Å². The lowest BCUT2D eigenvalue weighted by Crippen LogP contribution is -2.02. The van der Waals surface area contributed by atoms with Crippen LogP contribution in [0.4, 0.5) is 4.39 Å². The fourth-order valence-electron chi connectivity index (χ4n) is 1.51. The molecule has 5 heteroatoms. The van der Waals surface area contributed by atoms with Crippen LogP contribution in [0.5, 0.6) is 5.75 Å². The minimum Gasteiger partial charge on any atom is -0.487 e. The maximum atomic E-state index is 13.2. The molecule has 2 aromatic rings. The summed E-state index contributed by atoms with van der Waals surface area (Å²) in [5.41, 5.74) is 0.964. The minimum absolute atomic E-state index is 0.368. The van der Waals surface area contributed by atoms with E-state index in [1.807, 2.05) is 17.5 Å². The molecule has 1 aromatic carbocycles. The van der Waals surface area contributed by atoms with Gasteiger partial charge in [0.25, 0.3) is 0 Å². The third-order valence-electron chi connectivity index (χ3n) is 2.43. The zero-order chi connectivity index (χ0) is 13.0. The summed E-state index contributed by atoms with van der Waals surface area (Å²) in [6.07, 6.45) is 0. The molecular formula is C13H12FNO2S. The molecule has 1 heterocycles. The first-order valence-corrected chi connectivity index (χ1v) is 6.22. The molecule has 0 aliphatic carbocycles. The van der Waals surface area contributed by atoms with E-state index in [9.17, 15) is 4.39 Å². The summed E-state index contributed by atoms with van der Waals surface area (Å²) >= 11 is 1.57. The van der Waals surface area contributed by atoms with Crippen LogP contribution in [-0.4, -0.2) is 10.9 Å². The maximum Gasteiger partial charge on any atom is 0.131 e. The van der Waals surface area contributed by atoms with Crippen molar-refractivity contribution in [2.45, 2.75) is 13.5 Å². The molecule has 0 spiro atoms. The number of rotatable bonds is 4. The largest absolute Gasteiger partial charge is 0.487 e. The van der Waals surface area contributed by atoms with E-state index >= 15 is 0 Å². The number of benzene rings is 1.